The van der Waals surface area contributed by atoms with E-state index in [-0.39, 0.29) is 59.6 Å². The van der Waals surface area contributed by atoms with Crippen molar-refractivity contribution in [1.82, 2.24) is 0 Å². The smallest absolute Gasteiger partial charge is 0.759 e. The molecule has 0 bridgehead atoms. The monoisotopic (exact) mass is 439 g/mol. The molecule has 1 radical (unpaired) electrons. The zero-order valence-corrected chi connectivity index (χ0v) is 15.6. The van der Waals surface area contributed by atoms with Crippen molar-refractivity contribution in [3.63, 3.8) is 0 Å². The second-order valence-electron chi connectivity index (χ2n) is 1.22. The summed E-state index contributed by atoms with van der Waals surface area (Å²) < 4.78 is 102. The zero-order chi connectivity index (χ0) is 13.5. The molecular weight excluding hydrogens is 441 g/mol. The fourth-order valence-corrected chi connectivity index (χ4v) is 0. The average molecular weight is 441 g/mol. The maximum Gasteiger partial charge on any atom is 2.00 e. The molecule has 0 unspecified atom stereocenters. The van der Waals surface area contributed by atoms with E-state index in [9.17, 15) is 0 Å². The molecule has 0 spiro atoms. The van der Waals surface area contributed by atoms with Crippen molar-refractivity contribution in [1.29, 1.82) is 0 Å². The first-order valence-electron chi connectivity index (χ1n) is 2.00. The Morgan fingerprint density at radius 3 is 0.500 bits per heavy atom. The molecule has 0 N–H and O–H groups in total. The van der Waals surface area contributed by atoms with Crippen LogP contribution >= 0.6 is 0 Å². The predicted octanol–water partition coefficient (Wildman–Crippen LogP) is -4.40. The van der Waals surface area contributed by atoms with Gasteiger partial charge in [-0.2, -0.15) is 0 Å². The largest absolute Gasteiger partial charge is 2.00 e. The van der Waals surface area contributed by atoms with E-state index in [0.29, 0.717) is 0 Å². The molecule has 0 atom stereocenters. The van der Waals surface area contributed by atoms with E-state index in [2.05, 4.69) is 0 Å². The molecule has 0 heterocycles. The van der Waals surface area contributed by atoms with E-state index in [1.807, 2.05) is 0 Å². The van der Waals surface area contributed by atoms with E-state index in [4.69, 9.17) is 52.6 Å². The summed E-state index contributed by atoms with van der Waals surface area (Å²) in [6.07, 6.45) is 0. The van der Waals surface area contributed by atoms with Gasteiger partial charge in [0.1, 0.15) is 0 Å². The third-order valence-electron chi connectivity index (χ3n) is 0. The SMILES string of the molecule is O=S(=O)([O-])[O-].O=S(=O)([O-])[O-].O=S(=O)([O-])[O-].[Cu+2].[Mg+2].[Zn+2]. The van der Waals surface area contributed by atoms with Crippen LogP contribution in [-0.2, 0) is 67.7 Å². The molecular formula is CuMgO12S3Zn. The Balaban J connectivity index is -0.0000000277. The first-order chi connectivity index (χ1) is 6.00. The van der Waals surface area contributed by atoms with Gasteiger partial charge in [0.15, 0.2) is 0 Å². The Morgan fingerprint density at radius 1 is 0.500 bits per heavy atom. The topological polar surface area (TPSA) is 241 Å². The van der Waals surface area contributed by atoms with Gasteiger partial charge < -0.3 is 27.3 Å². The van der Waals surface area contributed by atoms with E-state index >= 15 is 0 Å². The molecule has 105 valence electrons. The van der Waals surface area contributed by atoms with Gasteiger partial charge in [0.05, 0.1) is 0 Å². The van der Waals surface area contributed by atoms with Crippen LogP contribution in [0.15, 0.2) is 0 Å². The van der Waals surface area contributed by atoms with Crippen LogP contribution in [0.4, 0.5) is 0 Å². The molecule has 18 heavy (non-hydrogen) atoms. The van der Waals surface area contributed by atoms with Crippen molar-refractivity contribution in [2.75, 3.05) is 0 Å². The number of rotatable bonds is 0. The van der Waals surface area contributed by atoms with Crippen LogP contribution in [0.2, 0.25) is 0 Å². The van der Waals surface area contributed by atoms with Crippen molar-refractivity contribution in [2.45, 2.75) is 0 Å². The molecule has 12 nitrogen and oxygen atoms in total. The van der Waals surface area contributed by atoms with Crippen LogP contribution in [-0.4, -0.2) is 75.6 Å². The van der Waals surface area contributed by atoms with Crippen molar-refractivity contribution < 1.29 is 89.1 Å². The van der Waals surface area contributed by atoms with Gasteiger partial charge in [0.2, 0.25) is 0 Å². The predicted molar refractivity (Wildman–Crippen MR) is 37.2 cm³/mol. The van der Waals surface area contributed by atoms with E-state index in [0.717, 1.165) is 0 Å². The molecule has 18 heteroatoms. The summed E-state index contributed by atoms with van der Waals surface area (Å²) in [6, 6.07) is 0. The molecule has 0 aromatic heterocycles. The standard InChI is InChI=1S/Cu.Mg.3H2O4S.Zn/c;;3*1-5(2,3)4;/h;;3*(H2,1,2,3,4);/q2*+2;;;;+2/p-6. The minimum Gasteiger partial charge on any atom is -0.759 e. The van der Waals surface area contributed by atoms with Gasteiger partial charge in [-0.15, -0.1) is 0 Å². The third-order valence-corrected chi connectivity index (χ3v) is 0. The maximum atomic E-state index is 8.52. The van der Waals surface area contributed by atoms with Gasteiger partial charge in [-0.05, 0) is 0 Å². The van der Waals surface area contributed by atoms with Crippen LogP contribution in [0, 0.1) is 0 Å². The van der Waals surface area contributed by atoms with Gasteiger partial charge in [0.25, 0.3) is 0 Å². The molecule has 0 aromatic carbocycles. The molecule has 0 aromatic rings. The van der Waals surface area contributed by atoms with Gasteiger partial charge in [-0.25, -0.2) is 0 Å². The van der Waals surface area contributed by atoms with E-state index in [1.165, 1.54) is 0 Å². The summed E-state index contributed by atoms with van der Waals surface area (Å²) in [5, 5.41) is 0. The summed E-state index contributed by atoms with van der Waals surface area (Å²) >= 11 is 0. The normalized spacial score (nSPS) is 9.67. The molecule has 0 fully saturated rings. The summed E-state index contributed by atoms with van der Waals surface area (Å²) in [7, 11) is -15.5. The number of hydrogen-bond donors (Lipinski definition) is 0. The molecule has 0 saturated carbocycles. The number of hydrogen-bond acceptors (Lipinski definition) is 12. The van der Waals surface area contributed by atoms with Crippen molar-refractivity contribution in [3.8, 4) is 0 Å². The average Bonchev–Trinajstić information content (AvgIpc) is 1.41. The van der Waals surface area contributed by atoms with Gasteiger partial charge in [-0.3, -0.25) is 25.3 Å². The fraction of sp³-hybridized carbons (Fsp3) is 0. The molecule has 0 saturated heterocycles. The first-order valence-corrected chi connectivity index (χ1v) is 6.00. The van der Waals surface area contributed by atoms with Gasteiger partial charge >= 0.3 is 59.6 Å². The van der Waals surface area contributed by atoms with Crippen LogP contribution in [0.25, 0.3) is 0 Å². The van der Waals surface area contributed by atoms with Gasteiger partial charge in [0, 0.05) is 31.2 Å². The van der Waals surface area contributed by atoms with Crippen LogP contribution in [0.1, 0.15) is 0 Å². The summed E-state index contributed by atoms with van der Waals surface area (Å²) in [6.45, 7) is 0. The zero-order valence-electron chi connectivity index (χ0n) is 7.84. The van der Waals surface area contributed by atoms with Crippen LogP contribution < -0.4 is 0 Å². The second kappa shape index (κ2) is 14.9. The Bertz CT molecular complexity index is 348. The minimum absolute atomic E-state index is 0. The second-order valence-corrected chi connectivity index (χ2v) is 3.67. The van der Waals surface area contributed by atoms with Gasteiger partial charge in [-0.1, -0.05) is 0 Å². The molecule has 0 rings (SSSR count). The van der Waals surface area contributed by atoms with E-state index in [1.54, 1.807) is 0 Å². The Kier molecular flexibility index (Phi) is 30.4. The molecule has 0 aliphatic heterocycles. The quantitative estimate of drug-likeness (QED) is 0.196. The fourth-order valence-electron chi connectivity index (χ4n) is 0. The van der Waals surface area contributed by atoms with Crippen LogP contribution in [0.3, 0.4) is 0 Å². The van der Waals surface area contributed by atoms with Crippen molar-refractivity contribution in [3.05, 3.63) is 0 Å². The maximum absolute atomic E-state index is 8.52. The summed E-state index contributed by atoms with van der Waals surface area (Å²) in [5.74, 6) is 0. The van der Waals surface area contributed by atoms with Crippen molar-refractivity contribution >= 4 is 54.2 Å². The summed E-state index contributed by atoms with van der Waals surface area (Å²) in [5.41, 5.74) is 0. The molecule has 0 amide bonds. The Hall–Kier alpha value is 1.52. The molecule has 0 aliphatic carbocycles. The Labute approximate surface area is 142 Å². The van der Waals surface area contributed by atoms with Crippen molar-refractivity contribution in [2.24, 2.45) is 0 Å². The molecule has 0 aliphatic rings. The Morgan fingerprint density at radius 2 is 0.500 bits per heavy atom. The van der Waals surface area contributed by atoms with Crippen LogP contribution in [0.5, 0.6) is 0 Å². The minimum atomic E-state index is -5.17. The third kappa shape index (κ3) is 2070. The van der Waals surface area contributed by atoms with E-state index < -0.39 is 31.2 Å². The summed E-state index contributed by atoms with van der Waals surface area (Å²) in [4.78, 5) is 0. The first kappa shape index (κ1) is 36.6.